The van der Waals surface area contributed by atoms with E-state index in [0.29, 0.717) is 19.0 Å². The number of fused-ring (bicyclic) bond motifs is 1. The van der Waals surface area contributed by atoms with Gasteiger partial charge in [-0.2, -0.15) is 0 Å². The summed E-state index contributed by atoms with van der Waals surface area (Å²) in [6.45, 7) is 7.49. The summed E-state index contributed by atoms with van der Waals surface area (Å²) in [7, 11) is 0. The van der Waals surface area contributed by atoms with Crippen molar-refractivity contribution in [3.8, 4) is 0 Å². The molecule has 0 saturated heterocycles. The average Bonchev–Trinajstić information content (AvgIpc) is 3.06. The number of carbonyl (C=O) groups is 1. The number of carbonyl (C=O) groups excluding carboxylic acids is 1. The summed E-state index contributed by atoms with van der Waals surface area (Å²) in [5.74, 6) is 0.699. The average molecular weight is 285 g/mol. The van der Waals surface area contributed by atoms with Gasteiger partial charge in [0, 0.05) is 24.2 Å². The lowest BCUT2D eigenvalue weighted by Crippen LogP contribution is -2.32. The number of nitrogens with one attached hydrogen (secondary N) is 1. The minimum Gasteiger partial charge on any atom is -0.440 e. The molecule has 3 rings (SSSR count). The van der Waals surface area contributed by atoms with Gasteiger partial charge in [0.1, 0.15) is 5.52 Å². The Morgan fingerprint density at radius 3 is 2.67 bits per heavy atom. The molecule has 2 amide bonds. The number of benzene rings is 1. The minimum atomic E-state index is -0.135. The molecule has 2 heterocycles. The topological polar surface area (TPSA) is 58.4 Å². The number of nitrogens with zero attached hydrogens (tertiary/aromatic N) is 2. The summed E-state index contributed by atoms with van der Waals surface area (Å²) in [6, 6.07) is 5.42. The van der Waals surface area contributed by atoms with Crippen molar-refractivity contribution in [2.24, 2.45) is 0 Å². The second kappa shape index (κ2) is 4.91. The van der Waals surface area contributed by atoms with Gasteiger partial charge in [0.2, 0.25) is 5.89 Å². The molecule has 1 aliphatic rings. The van der Waals surface area contributed by atoms with Crippen LogP contribution in [0.15, 0.2) is 34.8 Å². The van der Waals surface area contributed by atoms with Gasteiger partial charge in [-0.3, -0.25) is 0 Å². The van der Waals surface area contributed by atoms with Gasteiger partial charge in [0.25, 0.3) is 0 Å². The SMILES string of the molecule is CC(C)(C)c1nc2cc(NC(=O)N3CC=CC3)ccc2o1. The van der Waals surface area contributed by atoms with Gasteiger partial charge < -0.3 is 14.6 Å². The molecule has 0 bridgehead atoms. The lowest BCUT2D eigenvalue weighted by atomic mass is 9.97. The summed E-state index contributed by atoms with van der Waals surface area (Å²) in [5.41, 5.74) is 2.09. The maximum atomic E-state index is 12.0. The Morgan fingerprint density at radius 1 is 1.29 bits per heavy atom. The Morgan fingerprint density at radius 2 is 2.00 bits per heavy atom. The normalized spacial score (nSPS) is 14.9. The van der Waals surface area contributed by atoms with Gasteiger partial charge in [-0.15, -0.1) is 0 Å². The molecule has 1 aromatic carbocycles. The molecule has 0 aliphatic carbocycles. The molecule has 1 aliphatic heterocycles. The smallest absolute Gasteiger partial charge is 0.322 e. The van der Waals surface area contributed by atoms with Crippen LogP contribution in [0, 0.1) is 0 Å². The Balaban J connectivity index is 1.82. The Hall–Kier alpha value is -2.30. The quantitative estimate of drug-likeness (QED) is 0.815. The van der Waals surface area contributed by atoms with E-state index in [4.69, 9.17) is 4.42 Å². The predicted molar refractivity (Wildman–Crippen MR) is 82.4 cm³/mol. The Bertz CT molecular complexity index is 702. The zero-order chi connectivity index (χ0) is 15.0. The second-order valence-electron chi connectivity index (χ2n) is 6.26. The van der Waals surface area contributed by atoms with Crippen LogP contribution in [0.3, 0.4) is 0 Å². The predicted octanol–water partition coefficient (Wildman–Crippen LogP) is 3.53. The van der Waals surface area contributed by atoms with Gasteiger partial charge in [0.15, 0.2) is 5.58 Å². The molecule has 21 heavy (non-hydrogen) atoms. The van der Waals surface area contributed by atoms with E-state index in [1.165, 1.54) is 0 Å². The number of rotatable bonds is 1. The summed E-state index contributed by atoms with van der Waals surface area (Å²) >= 11 is 0. The second-order valence-corrected chi connectivity index (χ2v) is 6.26. The third-order valence-corrected chi connectivity index (χ3v) is 3.39. The maximum Gasteiger partial charge on any atom is 0.322 e. The Labute approximate surface area is 123 Å². The molecule has 0 saturated carbocycles. The van der Waals surface area contributed by atoms with Gasteiger partial charge in [0.05, 0.1) is 0 Å². The highest BCUT2D eigenvalue weighted by atomic mass is 16.3. The van der Waals surface area contributed by atoms with Crippen LogP contribution in [-0.4, -0.2) is 29.0 Å². The highest BCUT2D eigenvalue weighted by Gasteiger charge is 2.21. The molecule has 0 unspecified atom stereocenters. The standard InChI is InChI=1S/C16H19N3O2/c1-16(2,3)14-18-12-10-11(6-7-13(12)21-14)17-15(20)19-8-4-5-9-19/h4-7,10H,8-9H2,1-3H3,(H,17,20). The fourth-order valence-corrected chi connectivity index (χ4v) is 2.17. The molecular formula is C16H19N3O2. The maximum absolute atomic E-state index is 12.0. The molecule has 5 heteroatoms. The van der Waals surface area contributed by atoms with Gasteiger partial charge in [-0.25, -0.2) is 9.78 Å². The fraction of sp³-hybridized carbons (Fsp3) is 0.375. The summed E-state index contributed by atoms with van der Waals surface area (Å²) in [6.07, 6.45) is 3.96. The number of oxazole rings is 1. The first-order valence-corrected chi connectivity index (χ1v) is 7.05. The van der Waals surface area contributed by atoms with Crippen molar-refractivity contribution in [3.05, 3.63) is 36.2 Å². The zero-order valence-electron chi connectivity index (χ0n) is 12.5. The molecule has 110 valence electrons. The first-order chi connectivity index (χ1) is 9.93. The number of amides is 2. The van der Waals surface area contributed by atoms with Crippen LogP contribution in [0.2, 0.25) is 0 Å². The molecule has 0 atom stereocenters. The molecule has 0 spiro atoms. The molecule has 5 nitrogen and oxygen atoms in total. The van der Waals surface area contributed by atoms with E-state index in [1.807, 2.05) is 30.4 Å². The third kappa shape index (κ3) is 2.77. The molecule has 1 N–H and O–H groups in total. The summed E-state index contributed by atoms with van der Waals surface area (Å²) < 4.78 is 5.75. The molecular weight excluding hydrogens is 266 g/mol. The number of anilines is 1. The molecule has 2 aromatic rings. The third-order valence-electron chi connectivity index (χ3n) is 3.39. The first-order valence-electron chi connectivity index (χ1n) is 7.05. The number of aromatic nitrogens is 1. The van der Waals surface area contributed by atoms with Crippen LogP contribution in [0.5, 0.6) is 0 Å². The van der Waals surface area contributed by atoms with Crippen LogP contribution < -0.4 is 5.32 Å². The van der Waals surface area contributed by atoms with Crippen LogP contribution in [0.4, 0.5) is 10.5 Å². The summed E-state index contributed by atoms with van der Waals surface area (Å²) in [5, 5.41) is 2.89. The van der Waals surface area contributed by atoms with E-state index in [-0.39, 0.29) is 11.4 Å². The minimum absolute atomic E-state index is 0.0983. The van der Waals surface area contributed by atoms with Crippen LogP contribution >= 0.6 is 0 Å². The molecule has 0 fully saturated rings. The van der Waals surface area contributed by atoms with Crippen molar-refractivity contribution in [3.63, 3.8) is 0 Å². The largest absolute Gasteiger partial charge is 0.440 e. The number of urea groups is 1. The van der Waals surface area contributed by atoms with Crippen LogP contribution in [0.1, 0.15) is 26.7 Å². The van der Waals surface area contributed by atoms with Crippen LogP contribution in [0.25, 0.3) is 11.1 Å². The van der Waals surface area contributed by atoms with Crippen molar-refractivity contribution < 1.29 is 9.21 Å². The highest BCUT2D eigenvalue weighted by molar-refractivity contribution is 5.92. The van der Waals surface area contributed by atoms with Gasteiger partial charge in [-0.1, -0.05) is 32.9 Å². The van der Waals surface area contributed by atoms with Crippen LogP contribution in [-0.2, 0) is 5.41 Å². The van der Waals surface area contributed by atoms with Crippen molar-refractivity contribution >= 4 is 22.8 Å². The Kier molecular flexibility index (Phi) is 3.20. The first kappa shape index (κ1) is 13.7. The fourth-order valence-electron chi connectivity index (χ4n) is 2.17. The highest BCUT2D eigenvalue weighted by Crippen LogP contribution is 2.27. The number of hydrogen-bond donors (Lipinski definition) is 1. The number of hydrogen-bond acceptors (Lipinski definition) is 3. The molecule has 0 radical (unpaired) electrons. The van der Waals surface area contributed by atoms with E-state index >= 15 is 0 Å². The van der Waals surface area contributed by atoms with Crippen molar-refractivity contribution in [2.75, 3.05) is 18.4 Å². The van der Waals surface area contributed by atoms with Gasteiger partial charge in [-0.05, 0) is 18.2 Å². The van der Waals surface area contributed by atoms with E-state index in [0.717, 1.165) is 16.8 Å². The van der Waals surface area contributed by atoms with E-state index in [9.17, 15) is 4.79 Å². The lowest BCUT2D eigenvalue weighted by Gasteiger charge is -2.16. The summed E-state index contributed by atoms with van der Waals surface area (Å²) in [4.78, 5) is 18.3. The van der Waals surface area contributed by atoms with Gasteiger partial charge >= 0.3 is 6.03 Å². The monoisotopic (exact) mass is 285 g/mol. The zero-order valence-corrected chi connectivity index (χ0v) is 12.5. The van der Waals surface area contributed by atoms with E-state index in [2.05, 4.69) is 31.1 Å². The van der Waals surface area contributed by atoms with E-state index < -0.39 is 0 Å². The lowest BCUT2D eigenvalue weighted by molar-refractivity contribution is 0.224. The molecule has 1 aromatic heterocycles. The van der Waals surface area contributed by atoms with Crippen molar-refractivity contribution in [1.82, 2.24) is 9.88 Å². The van der Waals surface area contributed by atoms with Crippen molar-refractivity contribution in [2.45, 2.75) is 26.2 Å². The van der Waals surface area contributed by atoms with E-state index in [1.54, 1.807) is 4.90 Å². The van der Waals surface area contributed by atoms with Crippen molar-refractivity contribution in [1.29, 1.82) is 0 Å².